The number of aryl methyl sites for hydroxylation is 1. The zero-order chi connectivity index (χ0) is 18.1. The van der Waals surface area contributed by atoms with Crippen molar-refractivity contribution in [3.63, 3.8) is 0 Å². The van der Waals surface area contributed by atoms with Crippen molar-refractivity contribution in [2.45, 2.75) is 6.42 Å². The average molecular weight is 415 g/mol. The summed E-state index contributed by atoms with van der Waals surface area (Å²) in [7, 11) is 1.82. The molecule has 0 N–H and O–H groups in total. The molecule has 1 aromatic carbocycles. The van der Waals surface area contributed by atoms with Gasteiger partial charge < -0.3 is 9.80 Å². The van der Waals surface area contributed by atoms with E-state index >= 15 is 0 Å². The van der Waals surface area contributed by atoms with E-state index in [0.717, 1.165) is 28.3 Å². The molecular weight excluding hydrogens is 396 g/mol. The van der Waals surface area contributed by atoms with Crippen molar-refractivity contribution in [2.75, 3.05) is 31.1 Å². The number of halogens is 1. The Morgan fingerprint density at radius 1 is 1.15 bits per heavy atom. The van der Waals surface area contributed by atoms with Crippen molar-refractivity contribution in [3.8, 4) is 0 Å². The highest BCUT2D eigenvalue weighted by atomic mass is 79.9. The zero-order valence-corrected chi connectivity index (χ0v) is 16.1. The predicted octanol–water partition coefficient (Wildman–Crippen LogP) is 2.48. The molecule has 0 unspecified atom stereocenters. The smallest absolute Gasteiger partial charge is 0.274 e. The standard InChI is InChI=1S/C18H19BrN6O/c1-23-8-5-16(22-23)17(26)24-6-2-7-25(10-9-24)18-20-12-13-11-14(19)3-4-15(13)21-18/h3-5,8,11-12H,2,6-7,9-10H2,1H3. The van der Waals surface area contributed by atoms with Crippen LogP contribution in [0.3, 0.4) is 0 Å². The third-order valence-corrected chi connectivity index (χ3v) is 5.02. The van der Waals surface area contributed by atoms with Crippen LogP contribution < -0.4 is 4.90 Å². The maximum Gasteiger partial charge on any atom is 0.274 e. The first-order valence-electron chi connectivity index (χ1n) is 8.56. The highest BCUT2D eigenvalue weighted by Gasteiger charge is 2.23. The molecule has 4 rings (SSSR count). The second-order valence-electron chi connectivity index (χ2n) is 6.38. The molecule has 1 saturated heterocycles. The molecule has 1 aliphatic rings. The predicted molar refractivity (Wildman–Crippen MR) is 103 cm³/mol. The lowest BCUT2D eigenvalue weighted by Crippen LogP contribution is -2.35. The summed E-state index contributed by atoms with van der Waals surface area (Å²) in [5.74, 6) is 0.698. The second-order valence-corrected chi connectivity index (χ2v) is 7.30. The molecule has 1 fully saturated rings. The van der Waals surface area contributed by atoms with Crippen molar-refractivity contribution in [1.82, 2.24) is 24.6 Å². The first-order chi connectivity index (χ1) is 12.6. The van der Waals surface area contributed by atoms with Gasteiger partial charge in [-0.3, -0.25) is 9.48 Å². The molecule has 2 aromatic heterocycles. The second kappa shape index (κ2) is 7.03. The third-order valence-electron chi connectivity index (χ3n) is 4.53. The number of fused-ring (bicyclic) bond motifs is 1. The van der Waals surface area contributed by atoms with Crippen molar-refractivity contribution < 1.29 is 4.79 Å². The summed E-state index contributed by atoms with van der Waals surface area (Å²) in [6, 6.07) is 7.73. The quantitative estimate of drug-likeness (QED) is 0.644. The largest absolute Gasteiger partial charge is 0.339 e. The number of carbonyl (C=O) groups is 1. The van der Waals surface area contributed by atoms with Crippen LogP contribution in [0.5, 0.6) is 0 Å². The van der Waals surface area contributed by atoms with Crippen molar-refractivity contribution >= 4 is 38.7 Å². The summed E-state index contributed by atoms with van der Waals surface area (Å²) in [5, 5.41) is 5.22. The molecule has 0 saturated carbocycles. The average Bonchev–Trinajstić information content (AvgIpc) is 2.93. The van der Waals surface area contributed by atoms with Gasteiger partial charge in [-0.2, -0.15) is 5.10 Å². The van der Waals surface area contributed by atoms with Gasteiger partial charge in [0.1, 0.15) is 5.69 Å². The van der Waals surface area contributed by atoms with Crippen molar-refractivity contribution in [3.05, 3.63) is 46.8 Å². The van der Waals surface area contributed by atoms with E-state index < -0.39 is 0 Å². The summed E-state index contributed by atoms with van der Waals surface area (Å²) in [6.45, 7) is 2.89. The number of carbonyl (C=O) groups excluding carboxylic acids is 1. The lowest BCUT2D eigenvalue weighted by atomic mass is 10.2. The van der Waals surface area contributed by atoms with Gasteiger partial charge in [0.2, 0.25) is 5.95 Å². The minimum absolute atomic E-state index is 0.0169. The molecule has 8 heteroatoms. The lowest BCUT2D eigenvalue weighted by molar-refractivity contribution is 0.0760. The van der Waals surface area contributed by atoms with E-state index in [9.17, 15) is 4.79 Å². The van der Waals surface area contributed by atoms with Crippen LogP contribution >= 0.6 is 15.9 Å². The van der Waals surface area contributed by atoms with Gasteiger partial charge >= 0.3 is 0 Å². The van der Waals surface area contributed by atoms with E-state index in [1.54, 1.807) is 16.9 Å². The van der Waals surface area contributed by atoms with E-state index in [-0.39, 0.29) is 5.91 Å². The van der Waals surface area contributed by atoms with Crippen LogP contribution in [-0.2, 0) is 7.05 Å². The zero-order valence-electron chi connectivity index (χ0n) is 14.5. The van der Waals surface area contributed by atoms with E-state index in [4.69, 9.17) is 0 Å². The fourth-order valence-electron chi connectivity index (χ4n) is 3.16. The summed E-state index contributed by atoms with van der Waals surface area (Å²) in [4.78, 5) is 25.8. The van der Waals surface area contributed by atoms with E-state index in [0.29, 0.717) is 31.3 Å². The van der Waals surface area contributed by atoms with Crippen LogP contribution in [0.1, 0.15) is 16.9 Å². The Balaban J connectivity index is 1.50. The number of hydrogen-bond donors (Lipinski definition) is 0. The Morgan fingerprint density at radius 2 is 2.04 bits per heavy atom. The number of benzene rings is 1. The minimum atomic E-state index is -0.0169. The molecule has 26 heavy (non-hydrogen) atoms. The lowest BCUT2D eigenvalue weighted by Gasteiger charge is -2.21. The molecule has 0 spiro atoms. The Labute approximate surface area is 159 Å². The first kappa shape index (κ1) is 17.0. The third kappa shape index (κ3) is 3.41. The molecular formula is C18H19BrN6O. The number of rotatable bonds is 2. The number of hydrogen-bond acceptors (Lipinski definition) is 5. The molecule has 3 heterocycles. The van der Waals surface area contributed by atoms with E-state index in [1.807, 2.05) is 36.3 Å². The number of anilines is 1. The fourth-order valence-corrected chi connectivity index (χ4v) is 3.54. The van der Waals surface area contributed by atoms with Crippen LogP contribution in [0.4, 0.5) is 5.95 Å². The SMILES string of the molecule is Cn1ccc(C(=O)N2CCCN(c3ncc4cc(Br)ccc4n3)CC2)n1. The van der Waals surface area contributed by atoms with Gasteiger partial charge in [-0.1, -0.05) is 15.9 Å². The minimum Gasteiger partial charge on any atom is -0.339 e. The molecule has 0 bridgehead atoms. The molecule has 7 nitrogen and oxygen atoms in total. The van der Waals surface area contributed by atoms with Gasteiger partial charge in [-0.25, -0.2) is 9.97 Å². The van der Waals surface area contributed by atoms with Gasteiger partial charge in [-0.15, -0.1) is 0 Å². The summed E-state index contributed by atoms with van der Waals surface area (Å²) in [6.07, 6.45) is 4.52. The van der Waals surface area contributed by atoms with Gasteiger partial charge in [0, 0.05) is 55.5 Å². The molecule has 0 atom stereocenters. The maximum absolute atomic E-state index is 12.6. The summed E-state index contributed by atoms with van der Waals surface area (Å²) in [5.41, 5.74) is 1.41. The molecule has 1 amide bonds. The van der Waals surface area contributed by atoms with Crippen LogP contribution in [0, 0.1) is 0 Å². The highest BCUT2D eigenvalue weighted by molar-refractivity contribution is 9.10. The topological polar surface area (TPSA) is 67.2 Å². The van der Waals surface area contributed by atoms with Gasteiger partial charge in [-0.05, 0) is 30.7 Å². The maximum atomic E-state index is 12.6. The van der Waals surface area contributed by atoms with Crippen LogP contribution in [0.2, 0.25) is 0 Å². The number of aromatic nitrogens is 4. The van der Waals surface area contributed by atoms with Crippen molar-refractivity contribution in [2.24, 2.45) is 7.05 Å². The van der Waals surface area contributed by atoms with Crippen molar-refractivity contribution in [1.29, 1.82) is 0 Å². The molecule has 3 aromatic rings. The first-order valence-corrected chi connectivity index (χ1v) is 9.35. The van der Waals surface area contributed by atoms with E-state index in [2.05, 4.69) is 35.9 Å². The van der Waals surface area contributed by atoms with Crippen LogP contribution in [-0.4, -0.2) is 56.7 Å². The van der Waals surface area contributed by atoms with Gasteiger partial charge in [0.15, 0.2) is 0 Å². The van der Waals surface area contributed by atoms with Gasteiger partial charge in [0.05, 0.1) is 5.52 Å². The Kier molecular flexibility index (Phi) is 4.58. The number of amides is 1. The molecule has 0 aliphatic carbocycles. The van der Waals surface area contributed by atoms with E-state index in [1.165, 1.54) is 0 Å². The Hall–Kier alpha value is -2.48. The Bertz CT molecular complexity index is 956. The highest BCUT2D eigenvalue weighted by Crippen LogP contribution is 2.20. The monoisotopic (exact) mass is 414 g/mol. The number of nitrogens with zero attached hydrogens (tertiary/aromatic N) is 6. The van der Waals surface area contributed by atoms with Gasteiger partial charge in [0.25, 0.3) is 5.91 Å². The molecule has 134 valence electrons. The fraction of sp³-hybridized carbons (Fsp3) is 0.333. The molecule has 0 radical (unpaired) electrons. The summed E-state index contributed by atoms with van der Waals surface area (Å²) < 4.78 is 2.67. The van der Waals surface area contributed by atoms with Crippen LogP contribution in [0.15, 0.2) is 41.1 Å². The summed E-state index contributed by atoms with van der Waals surface area (Å²) >= 11 is 3.47. The van der Waals surface area contributed by atoms with Crippen LogP contribution in [0.25, 0.3) is 10.9 Å². The Morgan fingerprint density at radius 3 is 2.85 bits per heavy atom. The molecule has 1 aliphatic heterocycles. The normalized spacial score (nSPS) is 15.3.